The fourth-order valence-electron chi connectivity index (χ4n) is 4.17. The van der Waals surface area contributed by atoms with E-state index < -0.39 is 22.5 Å². The summed E-state index contributed by atoms with van der Waals surface area (Å²) in [5.74, 6) is 0.795. The average Bonchev–Trinajstić information content (AvgIpc) is 2.95. The van der Waals surface area contributed by atoms with Crippen LogP contribution in [0.15, 0.2) is 59.5 Å². The van der Waals surface area contributed by atoms with Crippen LogP contribution in [-0.4, -0.2) is 49.3 Å². The highest BCUT2D eigenvalue weighted by Gasteiger charge is 2.31. The molecule has 0 aromatic heterocycles. The third-order valence-electron chi connectivity index (χ3n) is 6.56. The van der Waals surface area contributed by atoms with E-state index >= 15 is 0 Å². The first kappa shape index (κ1) is 29.6. The van der Waals surface area contributed by atoms with Gasteiger partial charge in [0.2, 0.25) is 5.91 Å². The lowest BCUT2D eigenvalue weighted by Gasteiger charge is -2.27. The second-order valence-electron chi connectivity index (χ2n) is 8.94. The Balaban J connectivity index is 2.07. The SMILES string of the molecule is CCC(NC(=O)CN(c1cc(OC)ccc1OC)S(=O)(=O)c1ccc(OC)c(OC)c1)c1ccc(C)c(C)c1. The predicted molar refractivity (Wildman–Crippen MR) is 151 cm³/mol. The van der Waals surface area contributed by atoms with Crippen molar-refractivity contribution < 1.29 is 32.2 Å². The number of hydrogen-bond acceptors (Lipinski definition) is 7. The van der Waals surface area contributed by atoms with Gasteiger partial charge in [-0.2, -0.15) is 0 Å². The van der Waals surface area contributed by atoms with Gasteiger partial charge in [-0.3, -0.25) is 9.10 Å². The van der Waals surface area contributed by atoms with E-state index in [2.05, 4.69) is 5.32 Å². The highest BCUT2D eigenvalue weighted by atomic mass is 32.2. The van der Waals surface area contributed by atoms with Crippen LogP contribution >= 0.6 is 0 Å². The minimum absolute atomic E-state index is 0.0842. The van der Waals surface area contributed by atoms with Crippen LogP contribution in [0.2, 0.25) is 0 Å². The van der Waals surface area contributed by atoms with E-state index in [9.17, 15) is 13.2 Å². The molecule has 0 saturated carbocycles. The molecule has 3 aromatic rings. The normalized spacial score (nSPS) is 11.9. The summed E-state index contributed by atoms with van der Waals surface area (Å²) in [6.45, 7) is 5.50. The molecule has 3 rings (SSSR count). The van der Waals surface area contributed by atoms with Crippen LogP contribution in [0, 0.1) is 13.8 Å². The van der Waals surface area contributed by atoms with Crippen LogP contribution in [0.4, 0.5) is 5.69 Å². The van der Waals surface area contributed by atoms with Gasteiger partial charge >= 0.3 is 0 Å². The maximum Gasteiger partial charge on any atom is 0.265 e. The molecular weight excluding hydrogens is 520 g/mol. The van der Waals surface area contributed by atoms with Crippen LogP contribution in [0.5, 0.6) is 23.0 Å². The number of anilines is 1. The Kier molecular flexibility index (Phi) is 9.69. The molecule has 1 unspecified atom stereocenters. The number of nitrogens with one attached hydrogen (secondary N) is 1. The van der Waals surface area contributed by atoms with Gasteiger partial charge in [0.05, 0.1) is 45.1 Å². The van der Waals surface area contributed by atoms with Crippen LogP contribution in [-0.2, 0) is 14.8 Å². The zero-order valence-corrected chi connectivity index (χ0v) is 24.2. The fraction of sp³-hybridized carbons (Fsp3) is 0.345. The molecule has 9 nitrogen and oxygen atoms in total. The molecule has 1 amide bonds. The molecule has 0 aliphatic heterocycles. The average molecular weight is 557 g/mol. The minimum atomic E-state index is -4.28. The number of ether oxygens (including phenoxy) is 4. The lowest BCUT2D eigenvalue weighted by atomic mass is 9.99. The predicted octanol–water partition coefficient (Wildman–Crippen LogP) is 4.80. The van der Waals surface area contributed by atoms with Gasteiger partial charge in [-0.25, -0.2) is 8.42 Å². The zero-order chi connectivity index (χ0) is 28.7. The first-order valence-corrected chi connectivity index (χ1v) is 13.9. The van der Waals surface area contributed by atoms with Gasteiger partial charge in [-0.05, 0) is 61.2 Å². The molecule has 0 saturated heterocycles. The Morgan fingerprint density at radius 2 is 1.49 bits per heavy atom. The number of nitrogens with zero attached hydrogens (tertiary/aromatic N) is 1. The summed E-state index contributed by atoms with van der Waals surface area (Å²) in [6.07, 6.45) is 0.624. The van der Waals surface area contributed by atoms with Gasteiger partial charge in [0, 0.05) is 12.1 Å². The summed E-state index contributed by atoms with van der Waals surface area (Å²) in [5.41, 5.74) is 3.36. The molecule has 1 N–H and O–H groups in total. The molecule has 0 aliphatic carbocycles. The van der Waals surface area contributed by atoms with Crippen molar-refractivity contribution in [2.75, 3.05) is 39.3 Å². The maximum atomic E-state index is 14.1. The number of aryl methyl sites for hydroxylation is 2. The third-order valence-corrected chi connectivity index (χ3v) is 8.32. The second kappa shape index (κ2) is 12.8. The number of methoxy groups -OCH3 is 4. The summed E-state index contributed by atoms with van der Waals surface area (Å²) in [4.78, 5) is 13.4. The first-order chi connectivity index (χ1) is 18.6. The molecule has 1 atom stereocenters. The second-order valence-corrected chi connectivity index (χ2v) is 10.8. The van der Waals surface area contributed by atoms with Gasteiger partial charge in [0.25, 0.3) is 10.0 Å². The summed E-state index contributed by atoms with van der Waals surface area (Å²) in [5, 5.41) is 3.00. The molecule has 10 heteroatoms. The Labute approximate surface area is 230 Å². The molecule has 39 heavy (non-hydrogen) atoms. The maximum absolute atomic E-state index is 14.1. The number of amides is 1. The van der Waals surface area contributed by atoms with Gasteiger partial charge in [0.15, 0.2) is 11.5 Å². The quantitative estimate of drug-likeness (QED) is 0.342. The standard InChI is InChI=1S/C29H36N2O7S/c1-8-24(21-10-9-19(2)20(3)15-21)30-29(32)18-31(25-16-22(35-4)11-13-26(25)36-5)39(33,34)23-12-14-27(37-6)28(17-23)38-7/h9-17,24H,8,18H2,1-7H3,(H,30,32). The molecule has 210 valence electrons. The van der Waals surface area contributed by atoms with E-state index in [1.807, 2.05) is 39.0 Å². The number of sulfonamides is 1. The van der Waals surface area contributed by atoms with Crippen LogP contribution in [0.3, 0.4) is 0 Å². The first-order valence-electron chi connectivity index (χ1n) is 12.4. The Morgan fingerprint density at radius 3 is 2.08 bits per heavy atom. The van der Waals surface area contributed by atoms with Crippen molar-refractivity contribution in [2.24, 2.45) is 0 Å². The summed E-state index contributed by atoms with van der Waals surface area (Å²) in [6, 6.07) is 14.7. The van der Waals surface area contributed by atoms with Crippen molar-refractivity contribution in [1.29, 1.82) is 0 Å². The largest absolute Gasteiger partial charge is 0.497 e. The van der Waals surface area contributed by atoms with Crippen molar-refractivity contribution in [2.45, 2.75) is 38.1 Å². The van der Waals surface area contributed by atoms with Crippen LogP contribution < -0.4 is 28.6 Å². The fourth-order valence-corrected chi connectivity index (χ4v) is 5.61. The van der Waals surface area contributed by atoms with Crippen LogP contribution in [0.25, 0.3) is 0 Å². The molecule has 0 bridgehead atoms. The smallest absolute Gasteiger partial charge is 0.265 e. The number of benzene rings is 3. The minimum Gasteiger partial charge on any atom is -0.497 e. The highest BCUT2D eigenvalue weighted by Crippen LogP contribution is 2.37. The highest BCUT2D eigenvalue weighted by molar-refractivity contribution is 7.92. The molecule has 0 heterocycles. The van der Waals surface area contributed by atoms with Crippen molar-refractivity contribution in [3.8, 4) is 23.0 Å². The zero-order valence-electron chi connectivity index (χ0n) is 23.4. The Morgan fingerprint density at radius 1 is 0.821 bits per heavy atom. The third kappa shape index (κ3) is 6.57. The molecular formula is C29H36N2O7S. The number of carbonyl (C=O) groups excluding carboxylic acids is 1. The number of rotatable bonds is 12. The molecule has 0 radical (unpaired) electrons. The topological polar surface area (TPSA) is 103 Å². The van der Waals surface area contributed by atoms with Crippen molar-refractivity contribution in [3.05, 3.63) is 71.3 Å². The van der Waals surface area contributed by atoms with Gasteiger partial charge in [-0.15, -0.1) is 0 Å². The van der Waals surface area contributed by atoms with Crippen LogP contribution in [0.1, 0.15) is 36.1 Å². The van der Waals surface area contributed by atoms with Gasteiger partial charge in [-0.1, -0.05) is 25.1 Å². The van der Waals surface area contributed by atoms with Gasteiger partial charge < -0.3 is 24.3 Å². The summed E-state index contributed by atoms with van der Waals surface area (Å²) >= 11 is 0. The number of hydrogen-bond donors (Lipinski definition) is 1. The molecule has 3 aromatic carbocycles. The van der Waals surface area contributed by atoms with E-state index in [1.165, 1.54) is 52.7 Å². The van der Waals surface area contributed by atoms with E-state index in [0.29, 0.717) is 17.9 Å². The lowest BCUT2D eigenvalue weighted by molar-refractivity contribution is -0.120. The molecule has 0 spiro atoms. The lowest BCUT2D eigenvalue weighted by Crippen LogP contribution is -2.42. The monoisotopic (exact) mass is 556 g/mol. The van der Waals surface area contributed by atoms with E-state index in [-0.39, 0.29) is 28.1 Å². The van der Waals surface area contributed by atoms with E-state index in [1.54, 1.807) is 12.1 Å². The van der Waals surface area contributed by atoms with E-state index in [4.69, 9.17) is 18.9 Å². The van der Waals surface area contributed by atoms with E-state index in [0.717, 1.165) is 21.0 Å². The van der Waals surface area contributed by atoms with Crippen molar-refractivity contribution >= 4 is 21.6 Å². The van der Waals surface area contributed by atoms with Crippen molar-refractivity contribution in [1.82, 2.24) is 5.32 Å². The Bertz CT molecular complexity index is 1420. The Hall–Kier alpha value is -3.92. The summed E-state index contributed by atoms with van der Waals surface area (Å²) in [7, 11) is 1.50. The summed E-state index contributed by atoms with van der Waals surface area (Å²) < 4.78 is 50.5. The number of carbonyl (C=O) groups is 1. The van der Waals surface area contributed by atoms with Crippen molar-refractivity contribution in [3.63, 3.8) is 0 Å². The molecule has 0 aliphatic rings. The molecule has 0 fully saturated rings. The van der Waals surface area contributed by atoms with Gasteiger partial charge in [0.1, 0.15) is 18.0 Å².